The first-order valence-electron chi connectivity index (χ1n) is 7.47. The molecule has 0 atom stereocenters. The fourth-order valence-electron chi connectivity index (χ4n) is 2.36. The normalized spacial score (nSPS) is 11.0. The average molecular weight is 372 g/mol. The van der Waals surface area contributed by atoms with Gasteiger partial charge in [-0.2, -0.15) is 0 Å². The van der Waals surface area contributed by atoms with Crippen LogP contribution in [0.15, 0.2) is 34.9 Å². The summed E-state index contributed by atoms with van der Waals surface area (Å²) in [5.41, 5.74) is 1.38. The minimum absolute atomic E-state index is 0.0832. The molecule has 0 saturated heterocycles. The summed E-state index contributed by atoms with van der Waals surface area (Å²) >= 11 is 12.0. The molecule has 0 bridgehead atoms. The van der Waals surface area contributed by atoms with Gasteiger partial charge in [0.15, 0.2) is 0 Å². The highest BCUT2D eigenvalue weighted by atomic mass is 35.5. The highest BCUT2D eigenvalue weighted by Crippen LogP contribution is 2.24. The Labute approximate surface area is 150 Å². The maximum atomic E-state index is 11.8. The van der Waals surface area contributed by atoms with Crippen LogP contribution in [0.25, 0.3) is 0 Å². The predicted octanol–water partition coefficient (Wildman–Crippen LogP) is 3.76. The fraction of sp³-hybridized carbons (Fsp3) is 0.353. The first-order chi connectivity index (χ1) is 11.5. The van der Waals surface area contributed by atoms with Gasteiger partial charge in [-0.05, 0) is 30.2 Å². The predicted molar refractivity (Wildman–Crippen MR) is 92.3 cm³/mol. The lowest BCUT2D eigenvalue weighted by Gasteiger charge is -2.21. The third-order valence-electron chi connectivity index (χ3n) is 3.54. The van der Waals surface area contributed by atoms with E-state index in [2.05, 4.69) is 4.90 Å². The van der Waals surface area contributed by atoms with E-state index in [9.17, 15) is 4.79 Å². The molecule has 0 aliphatic rings. The van der Waals surface area contributed by atoms with Crippen molar-refractivity contribution in [3.05, 3.63) is 57.5 Å². The first-order valence-corrected chi connectivity index (χ1v) is 8.22. The van der Waals surface area contributed by atoms with Crippen LogP contribution in [0.5, 0.6) is 0 Å². The molecular weight excluding hydrogens is 353 g/mol. The van der Waals surface area contributed by atoms with E-state index in [0.717, 1.165) is 5.56 Å². The Bertz CT molecular complexity index is 687. The summed E-state index contributed by atoms with van der Waals surface area (Å²) in [5, 5.41) is 10.1. The zero-order valence-corrected chi connectivity index (χ0v) is 14.8. The molecule has 1 aromatic carbocycles. The zero-order chi connectivity index (χ0) is 17.5. The van der Waals surface area contributed by atoms with Gasteiger partial charge in [-0.1, -0.05) is 29.3 Å². The Morgan fingerprint density at radius 2 is 2.04 bits per heavy atom. The largest absolute Gasteiger partial charge is 0.467 e. The van der Waals surface area contributed by atoms with Crippen LogP contribution in [0.1, 0.15) is 28.1 Å². The molecule has 1 heterocycles. The van der Waals surface area contributed by atoms with E-state index >= 15 is 0 Å². The number of ether oxygens (including phenoxy) is 1. The number of aliphatic hydroxyl groups excluding tert-OH is 1. The zero-order valence-electron chi connectivity index (χ0n) is 13.3. The standard InChI is InChI=1S/C17H19Cl2NO4/c1-23-17(22)13-5-8-24-16(13)11-20(6-2-7-21)10-12-3-4-14(18)15(19)9-12/h3-5,8-9,21H,2,6-7,10-11H2,1H3. The Kier molecular flexibility index (Phi) is 7.12. The minimum Gasteiger partial charge on any atom is -0.467 e. The smallest absolute Gasteiger partial charge is 0.341 e. The third kappa shape index (κ3) is 4.98. The summed E-state index contributed by atoms with van der Waals surface area (Å²) in [4.78, 5) is 13.8. The lowest BCUT2D eigenvalue weighted by Crippen LogP contribution is -2.25. The quantitative estimate of drug-likeness (QED) is 0.715. The Morgan fingerprint density at radius 3 is 2.71 bits per heavy atom. The lowest BCUT2D eigenvalue weighted by atomic mass is 10.2. The number of carbonyl (C=O) groups is 1. The first kappa shape index (κ1) is 18.8. The summed E-state index contributed by atoms with van der Waals surface area (Å²) in [6.07, 6.45) is 2.07. The lowest BCUT2D eigenvalue weighted by molar-refractivity contribution is 0.0596. The topological polar surface area (TPSA) is 62.9 Å². The molecule has 1 aromatic heterocycles. The number of carbonyl (C=O) groups excluding carboxylic acids is 1. The molecule has 2 aromatic rings. The van der Waals surface area contributed by atoms with Crippen LogP contribution >= 0.6 is 23.2 Å². The highest BCUT2D eigenvalue weighted by Gasteiger charge is 2.18. The van der Waals surface area contributed by atoms with Crippen molar-refractivity contribution in [3.8, 4) is 0 Å². The van der Waals surface area contributed by atoms with Crippen molar-refractivity contribution >= 4 is 29.2 Å². The number of rotatable bonds is 8. The molecule has 0 amide bonds. The number of hydrogen-bond acceptors (Lipinski definition) is 5. The van der Waals surface area contributed by atoms with Crippen molar-refractivity contribution in [3.63, 3.8) is 0 Å². The van der Waals surface area contributed by atoms with Crippen LogP contribution < -0.4 is 0 Å². The molecule has 0 spiro atoms. The third-order valence-corrected chi connectivity index (χ3v) is 4.28. The van der Waals surface area contributed by atoms with Gasteiger partial charge in [-0.25, -0.2) is 4.79 Å². The van der Waals surface area contributed by atoms with Gasteiger partial charge in [0.05, 0.1) is 30.0 Å². The number of aliphatic hydroxyl groups is 1. The Balaban J connectivity index is 2.14. The van der Waals surface area contributed by atoms with Gasteiger partial charge in [0.2, 0.25) is 0 Å². The van der Waals surface area contributed by atoms with Crippen molar-refractivity contribution in [2.45, 2.75) is 19.5 Å². The molecule has 7 heteroatoms. The number of halogens is 2. The highest BCUT2D eigenvalue weighted by molar-refractivity contribution is 6.42. The van der Waals surface area contributed by atoms with Crippen LogP contribution in [-0.2, 0) is 17.8 Å². The van der Waals surface area contributed by atoms with Crippen LogP contribution in [0, 0.1) is 0 Å². The number of hydrogen-bond donors (Lipinski definition) is 1. The molecule has 24 heavy (non-hydrogen) atoms. The monoisotopic (exact) mass is 371 g/mol. The number of furan rings is 1. The molecule has 1 N–H and O–H groups in total. The maximum Gasteiger partial charge on any atom is 0.341 e. The van der Waals surface area contributed by atoms with Crippen molar-refractivity contribution in [1.29, 1.82) is 0 Å². The van der Waals surface area contributed by atoms with E-state index in [-0.39, 0.29) is 6.61 Å². The molecule has 130 valence electrons. The molecule has 0 saturated carbocycles. The van der Waals surface area contributed by atoms with E-state index in [1.807, 2.05) is 6.07 Å². The molecule has 5 nitrogen and oxygen atoms in total. The van der Waals surface area contributed by atoms with Gasteiger partial charge < -0.3 is 14.3 Å². The Hall–Kier alpha value is -1.53. The summed E-state index contributed by atoms with van der Waals surface area (Å²) in [5.74, 6) is 0.0928. The second kappa shape index (κ2) is 9.08. The van der Waals surface area contributed by atoms with E-state index in [1.54, 1.807) is 18.2 Å². The minimum atomic E-state index is -0.435. The van der Waals surface area contributed by atoms with Crippen molar-refractivity contribution < 1.29 is 19.1 Å². The van der Waals surface area contributed by atoms with Gasteiger partial charge >= 0.3 is 5.97 Å². The van der Waals surface area contributed by atoms with Gasteiger partial charge in [-0.3, -0.25) is 4.90 Å². The second-order valence-corrected chi connectivity index (χ2v) is 6.10. The molecule has 0 radical (unpaired) electrons. The second-order valence-electron chi connectivity index (χ2n) is 5.29. The molecular formula is C17H19Cl2NO4. The van der Waals surface area contributed by atoms with E-state index in [1.165, 1.54) is 13.4 Å². The van der Waals surface area contributed by atoms with Crippen molar-refractivity contribution in [1.82, 2.24) is 4.90 Å². The van der Waals surface area contributed by atoms with Crippen LogP contribution in [0.3, 0.4) is 0 Å². The van der Waals surface area contributed by atoms with Gasteiger partial charge in [-0.15, -0.1) is 0 Å². The SMILES string of the molecule is COC(=O)c1ccoc1CN(CCCO)Cc1ccc(Cl)c(Cl)c1. The molecule has 0 unspecified atom stereocenters. The van der Waals surface area contributed by atoms with Crippen LogP contribution in [0.2, 0.25) is 10.0 Å². The molecule has 0 aliphatic carbocycles. The number of methoxy groups -OCH3 is 1. The van der Waals surface area contributed by atoms with E-state index in [4.69, 9.17) is 37.5 Å². The van der Waals surface area contributed by atoms with Gasteiger partial charge in [0.25, 0.3) is 0 Å². The van der Waals surface area contributed by atoms with Gasteiger partial charge in [0.1, 0.15) is 11.3 Å². The van der Waals surface area contributed by atoms with E-state index in [0.29, 0.717) is 47.4 Å². The summed E-state index contributed by atoms with van der Waals surface area (Å²) < 4.78 is 10.2. The number of benzene rings is 1. The van der Waals surface area contributed by atoms with Gasteiger partial charge in [0, 0.05) is 19.7 Å². The Morgan fingerprint density at radius 1 is 1.25 bits per heavy atom. The fourth-order valence-corrected chi connectivity index (χ4v) is 2.68. The maximum absolute atomic E-state index is 11.8. The average Bonchev–Trinajstić information content (AvgIpc) is 3.03. The molecule has 0 fully saturated rings. The molecule has 2 rings (SSSR count). The summed E-state index contributed by atoms with van der Waals surface area (Å²) in [7, 11) is 1.33. The van der Waals surface area contributed by atoms with Crippen molar-refractivity contribution in [2.75, 3.05) is 20.3 Å². The number of nitrogens with zero attached hydrogens (tertiary/aromatic N) is 1. The van der Waals surface area contributed by atoms with E-state index < -0.39 is 5.97 Å². The number of esters is 1. The summed E-state index contributed by atoms with van der Waals surface area (Å²) in [6.45, 7) is 1.72. The van der Waals surface area contributed by atoms with Crippen LogP contribution in [0.4, 0.5) is 0 Å². The molecule has 0 aliphatic heterocycles. The van der Waals surface area contributed by atoms with Crippen LogP contribution in [-0.4, -0.2) is 36.2 Å². The summed E-state index contributed by atoms with van der Waals surface area (Å²) in [6, 6.07) is 7.03. The van der Waals surface area contributed by atoms with Crippen molar-refractivity contribution in [2.24, 2.45) is 0 Å².